The third kappa shape index (κ3) is 3.25. The number of furan rings is 1. The van der Waals surface area contributed by atoms with Crippen LogP contribution < -0.4 is 14.8 Å². The van der Waals surface area contributed by atoms with E-state index in [1.807, 2.05) is 24.3 Å². The second kappa shape index (κ2) is 7.13. The summed E-state index contributed by atoms with van der Waals surface area (Å²) in [6.07, 6.45) is 5.40. The molecule has 3 aromatic heterocycles. The summed E-state index contributed by atoms with van der Waals surface area (Å²) in [7, 11) is 0. The average molecular weight is 367 g/mol. The van der Waals surface area contributed by atoms with Crippen LogP contribution in [0.3, 0.4) is 0 Å². The molecule has 0 atom stereocenters. The summed E-state index contributed by atoms with van der Waals surface area (Å²) in [4.78, 5) is 17.5. The zero-order chi connectivity index (χ0) is 17.9. The van der Waals surface area contributed by atoms with Crippen molar-refractivity contribution in [3.05, 3.63) is 63.3 Å². The number of fused-ring (bicyclic) bond motifs is 1. The first-order chi connectivity index (χ1) is 12.7. The van der Waals surface area contributed by atoms with Gasteiger partial charge >= 0.3 is 0 Å². The molecule has 0 spiro atoms. The maximum absolute atomic E-state index is 12.5. The number of ether oxygens (including phenoxy) is 1. The molecular weight excluding hydrogens is 350 g/mol. The zero-order valence-corrected chi connectivity index (χ0v) is 15.0. The molecule has 7 heteroatoms. The van der Waals surface area contributed by atoms with Crippen molar-refractivity contribution in [2.24, 2.45) is 0 Å². The summed E-state index contributed by atoms with van der Waals surface area (Å²) >= 11 is 1.29. The summed E-state index contributed by atoms with van der Waals surface area (Å²) in [6.45, 7) is 2.84. The highest BCUT2D eigenvalue weighted by Crippen LogP contribution is 2.20. The fraction of sp³-hybridized carbons (Fsp3) is 0.211. The van der Waals surface area contributed by atoms with Crippen molar-refractivity contribution < 1.29 is 9.15 Å². The van der Waals surface area contributed by atoms with Gasteiger partial charge in [0.15, 0.2) is 5.82 Å². The van der Waals surface area contributed by atoms with Crippen LogP contribution in [0.4, 0.5) is 0 Å². The fourth-order valence-electron chi connectivity index (χ4n) is 2.49. The van der Waals surface area contributed by atoms with Gasteiger partial charge in [-0.15, -0.1) is 5.10 Å². The molecule has 0 radical (unpaired) electrons. The van der Waals surface area contributed by atoms with Gasteiger partial charge in [-0.05, 0) is 42.8 Å². The third-order valence-corrected chi connectivity index (χ3v) is 4.84. The first-order valence-corrected chi connectivity index (χ1v) is 9.24. The molecule has 3 heterocycles. The number of rotatable bonds is 6. The van der Waals surface area contributed by atoms with E-state index in [0.717, 1.165) is 24.2 Å². The Balaban J connectivity index is 1.61. The van der Waals surface area contributed by atoms with Gasteiger partial charge in [0.1, 0.15) is 16.0 Å². The molecule has 132 valence electrons. The lowest BCUT2D eigenvalue weighted by atomic mass is 10.2. The van der Waals surface area contributed by atoms with E-state index >= 15 is 0 Å². The quantitative estimate of drug-likeness (QED) is 0.490. The molecule has 1 aromatic carbocycles. The van der Waals surface area contributed by atoms with Crippen LogP contribution in [0.5, 0.6) is 5.75 Å². The topological polar surface area (TPSA) is 69.6 Å². The molecule has 0 N–H and O–H groups in total. The SMILES string of the molecule is CCCCOc1ccc(-c2nc3sc(=Cc4ccco4)c(=O)n3n2)cc1. The average Bonchev–Trinajstić information content (AvgIpc) is 3.36. The Kier molecular flexibility index (Phi) is 4.53. The van der Waals surface area contributed by atoms with E-state index in [9.17, 15) is 4.79 Å². The van der Waals surface area contributed by atoms with Gasteiger partial charge < -0.3 is 9.15 Å². The smallest absolute Gasteiger partial charge is 0.291 e. The molecule has 0 unspecified atom stereocenters. The summed E-state index contributed by atoms with van der Waals surface area (Å²) in [6, 6.07) is 11.2. The Labute approximate surface area is 153 Å². The Morgan fingerprint density at radius 3 is 2.81 bits per heavy atom. The minimum Gasteiger partial charge on any atom is -0.494 e. The number of hydrogen-bond donors (Lipinski definition) is 0. The summed E-state index contributed by atoms with van der Waals surface area (Å²) in [5.74, 6) is 1.98. The van der Waals surface area contributed by atoms with Crippen LogP contribution in [0.2, 0.25) is 0 Å². The minimum atomic E-state index is -0.195. The predicted octanol–water partition coefficient (Wildman–Crippen LogP) is 3.14. The Morgan fingerprint density at radius 1 is 1.27 bits per heavy atom. The van der Waals surface area contributed by atoms with E-state index in [1.165, 1.54) is 15.9 Å². The molecule has 0 amide bonds. The van der Waals surface area contributed by atoms with E-state index in [4.69, 9.17) is 9.15 Å². The van der Waals surface area contributed by atoms with Gasteiger partial charge in [0.05, 0.1) is 12.9 Å². The molecule has 0 fully saturated rings. The molecule has 6 nitrogen and oxygen atoms in total. The van der Waals surface area contributed by atoms with E-state index in [-0.39, 0.29) is 5.56 Å². The highest BCUT2D eigenvalue weighted by Gasteiger charge is 2.12. The number of benzene rings is 1. The minimum absolute atomic E-state index is 0.195. The normalized spacial score (nSPS) is 12.1. The van der Waals surface area contributed by atoms with Crippen molar-refractivity contribution >= 4 is 22.4 Å². The fourth-order valence-corrected chi connectivity index (χ4v) is 3.38. The molecule has 4 rings (SSSR count). The van der Waals surface area contributed by atoms with Crippen molar-refractivity contribution in [3.8, 4) is 17.1 Å². The maximum atomic E-state index is 12.5. The number of aromatic nitrogens is 3. The lowest BCUT2D eigenvalue weighted by Gasteiger charge is -2.05. The zero-order valence-electron chi connectivity index (χ0n) is 14.2. The van der Waals surface area contributed by atoms with E-state index in [0.29, 0.717) is 27.7 Å². The van der Waals surface area contributed by atoms with Crippen molar-refractivity contribution in [2.45, 2.75) is 19.8 Å². The maximum Gasteiger partial charge on any atom is 0.291 e. The van der Waals surface area contributed by atoms with Gasteiger partial charge in [-0.25, -0.2) is 0 Å². The van der Waals surface area contributed by atoms with Crippen LogP contribution >= 0.6 is 11.3 Å². The summed E-state index contributed by atoms with van der Waals surface area (Å²) in [5.41, 5.74) is 0.652. The Morgan fingerprint density at radius 2 is 2.12 bits per heavy atom. The first-order valence-electron chi connectivity index (χ1n) is 8.42. The van der Waals surface area contributed by atoms with Gasteiger partial charge in [-0.1, -0.05) is 24.7 Å². The van der Waals surface area contributed by atoms with Crippen LogP contribution in [0.1, 0.15) is 25.5 Å². The highest BCUT2D eigenvalue weighted by molar-refractivity contribution is 7.15. The Bertz CT molecular complexity index is 1110. The monoisotopic (exact) mass is 367 g/mol. The van der Waals surface area contributed by atoms with Gasteiger partial charge in [-0.3, -0.25) is 4.79 Å². The second-order valence-electron chi connectivity index (χ2n) is 5.79. The van der Waals surface area contributed by atoms with Gasteiger partial charge in [-0.2, -0.15) is 9.50 Å². The van der Waals surface area contributed by atoms with Crippen LogP contribution in [0.15, 0.2) is 51.9 Å². The molecule has 26 heavy (non-hydrogen) atoms. The number of thiazole rings is 1. The Hall–Kier alpha value is -2.93. The van der Waals surface area contributed by atoms with Gasteiger partial charge in [0.2, 0.25) is 4.96 Å². The molecule has 4 aromatic rings. The number of nitrogens with zero attached hydrogens (tertiary/aromatic N) is 3. The predicted molar refractivity (Wildman–Crippen MR) is 100 cm³/mol. The first kappa shape index (κ1) is 16.5. The van der Waals surface area contributed by atoms with Crippen molar-refractivity contribution in [1.29, 1.82) is 0 Å². The van der Waals surface area contributed by atoms with Crippen LogP contribution in [0.25, 0.3) is 22.4 Å². The van der Waals surface area contributed by atoms with Gasteiger partial charge in [0.25, 0.3) is 5.56 Å². The van der Waals surface area contributed by atoms with Gasteiger partial charge in [0, 0.05) is 11.6 Å². The van der Waals surface area contributed by atoms with Crippen LogP contribution in [-0.2, 0) is 0 Å². The third-order valence-electron chi connectivity index (χ3n) is 3.88. The lowest BCUT2D eigenvalue weighted by molar-refractivity contribution is 0.309. The van der Waals surface area contributed by atoms with Crippen molar-refractivity contribution in [1.82, 2.24) is 14.6 Å². The van der Waals surface area contributed by atoms with Crippen molar-refractivity contribution in [2.75, 3.05) is 6.61 Å². The molecule has 0 aliphatic rings. The molecular formula is C19H17N3O3S. The van der Waals surface area contributed by atoms with E-state index < -0.39 is 0 Å². The largest absolute Gasteiger partial charge is 0.494 e. The van der Waals surface area contributed by atoms with Crippen molar-refractivity contribution in [3.63, 3.8) is 0 Å². The summed E-state index contributed by atoms with van der Waals surface area (Å²) < 4.78 is 12.8. The lowest BCUT2D eigenvalue weighted by Crippen LogP contribution is -2.23. The van der Waals surface area contributed by atoms with E-state index in [2.05, 4.69) is 17.0 Å². The van der Waals surface area contributed by atoms with Crippen LogP contribution in [0, 0.1) is 0 Å². The summed E-state index contributed by atoms with van der Waals surface area (Å²) in [5, 5.41) is 4.35. The number of unbranched alkanes of at least 4 members (excludes halogenated alkanes) is 1. The van der Waals surface area contributed by atoms with Crippen LogP contribution in [-0.4, -0.2) is 21.2 Å². The molecule has 0 bridgehead atoms. The molecule has 0 saturated heterocycles. The molecule has 0 aliphatic carbocycles. The molecule has 0 aliphatic heterocycles. The second-order valence-corrected chi connectivity index (χ2v) is 6.80. The molecule has 0 saturated carbocycles. The number of hydrogen-bond acceptors (Lipinski definition) is 6. The standard InChI is InChI=1S/C19H17N3O3S/c1-2-3-10-24-14-8-6-13(7-9-14)17-20-19-22(21-17)18(23)16(26-19)12-15-5-4-11-25-15/h4-9,11-12H,2-3,10H2,1H3. The van der Waals surface area contributed by atoms with E-state index in [1.54, 1.807) is 24.5 Å². The highest BCUT2D eigenvalue weighted by atomic mass is 32.1.